The molecule has 3 aliphatic heterocycles. The van der Waals surface area contributed by atoms with E-state index in [9.17, 15) is 9.59 Å². The van der Waals surface area contributed by atoms with E-state index in [1.165, 1.54) is 28.2 Å². The maximum absolute atomic E-state index is 13.9. The molecule has 1 fully saturated rings. The fourth-order valence-corrected chi connectivity index (χ4v) is 8.58. The molecule has 0 aliphatic carbocycles. The summed E-state index contributed by atoms with van der Waals surface area (Å²) in [7, 11) is 3.93. The molecule has 0 radical (unpaired) electrons. The van der Waals surface area contributed by atoms with Crippen molar-refractivity contribution in [3.8, 4) is 0 Å². The molecule has 2 amide bonds. The number of likely N-dealkylation sites (tertiary alicyclic amines) is 1. The van der Waals surface area contributed by atoms with Gasteiger partial charge in [0.1, 0.15) is 5.70 Å². The van der Waals surface area contributed by atoms with Crippen LogP contribution in [-0.4, -0.2) is 71.4 Å². The first-order valence-corrected chi connectivity index (χ1v) is 15.5. The lowest BCUT2D eigenvalue weighted by Gasteiger charge is -2.39. The number of hydrogen-bond acceptors (Lipinski definition) is 5. The summed E-state index contributed by atoms with van der Waals surface area (Å²) in [6, 6.07) is 6.16. The van der Waals surface area contributed by atoms with Crippen molar-refractivity contribution in [1.29, 1.82) is 0 Å². The van der Waals surface area contributed by atoms with E-state index in [1.54, 1.807) is 0 Å². The molecule has 0 bridgehead atoms. The predicted molar refractivity (Wildman–Crippen MR) is 157 cm³/mol. The first kappa shape index (κ1) is 28.2. The lowest BCUT2D eigenvalue weighted by molar-refractivity contribution is -0.778. The van der Waals surface area contributed by atoms with Crippen LogP contribution in [0.3, 0.4) is 0 Å². The predicted octanol–water partition coefficient (Wildman–Crippen LogP) is 5.63. The number of nitrogens with zero attached hydrogens (tertiary/aromatic N) is 4. The van der Waals surface area contributed by atoms with E-state index in [4.69, 9.17) is 0 Å². The third kappa shape index (κ3) is 5.38. The molecule has 2 unspecified atom stereocenters. The molecule has 1 saturated heterocycles. The van der Waals surface area contributed by atoms with Gasteiger partial charge in [0.2, 0.25) is 0 Å². The molecule has 210 valence electrons. The van der Waals surface area contributed by atoms with Crippen LogP contribution >= 0.6 is 11.3 Å². The first-order chi connectivity index (χ1) is 18.6. The molecular weight excluding hydrogens is 504 g/mol. The van der Waals surface area contributed by atoms with Crippen molar-refractivity contribution in [3.63, 3.8) is 0 Å². The molecule has 5 heterocycles. The molecule has 0 aromatic carbocycles. The maximum Gasteiger partial charge on any atom is 0.323 e. The average molecular weight is 550 g/mol. The number of rotatable bonds is 7. The van der Waals surface area contributed by atoms with Crippen LogP contribution < -0.4 is 0 Å². The number of thiophene rings is 1. The van der Waals surface area contributed by atoms with Crippen LogP contribution in [-0.2, 0) is 17.8 Å². The number of piperidine rings is 1. The zero-order chi connectivity index (χ0) is 27.9. The highest BCUT2D eigenvalue weighted by Gasteiger charge is 2.45. The van der Waals surface area contributed by atoms with Gasteiger partial charge in [-0.1, -0.05) is 19.9 Å². The van der Waals surface area contributed by atoms with E-state index < -0.39 is 0 Å². The largest absolute Gasteiger partial charge is 0.337 e. The van der Waals surface area contributed by atoms with Crippen molar-refractivity contribution in [3.05, 3.63) is 62.7 Å². The second kappa shape index (κ2) is 11.3. The first-order valence-electron chi connectivity index (χ1n) is 14.7. The Labute approximate surface area is 238 Å². The summed E-state index contributed by atoms with van der Waals surface area (Å²) in [5.74, 6) is 1.48. The van der Waals surface area contributed by atoms with Gasteiger partial charge in [0.05, 0.1) is 31.3 Å². The molecule has 0 N–H and O–H groups in total. The monoisotopic (exact) mass is 549 g/mol. The quantitative estimate of drug-likeness (QED) is 0.420. The van der Waals surface area contributed by atoms with Gasteiger partial charge in [-0.2, -0.15) is 0 Å². The summed E-state index contributed by atoms with van der Waals surface area (Å²) in [5, 5.41) is 0. The number of hydrogen-bond donors (Lipinski definition) is 0. The fraction of sp³-hybridized carbons (Fsp3) is 0.594. The van der Waals surface area contributed by atoms with Crippen molar-refractivity contribution >= 4 is 23.2 Å². The Hall–Kier alpha value is -2.35. The molecule has 0 saturated carbocycles. The minimum atomic E-state index is -0.160. The average Bonchev–Trinajstić information content (AvgIpc) is 3.25. The van der Waals surface area contributed by atoms with Crippen LogP contribution in [0.15, 0.2) is 36.2 Å². The molecule has 0 spiro atoms. The van der Waals surface area contributed by atoms with Gasteiger partial charge in [-0.3, -0.25) is 14.7 Å². The van der Waals surface area contributed by atoms with Crippen LogP contribution in [0.25, 0.3) is 0 Å². The Balaban J connectivity index is 1.28. The van der Waals surface area contributed by atoms with Gasteiger partial charge in [-0.15, -0.1) is 11.3 Å². The maximum atomic E-state index is 13.9. The van der Waals surface area contributed by atoms with Crippen molar-refractivity contribution in [1.82, 2.24) is 14.8 Å². The van der Waals surface area contributed by atoms with Crippen molar-refractivity contribution in [2.45, 2.75) is 65.8 Å². The Morgan fingerprint density at radius 3 is 2.54 bits per heavy atom. The Kier molecular flexibility index (Phi) is 8.14. The Morgan fingerprint density at radius 2 is 1.87 bits per heavy atom. The van der Waals surface area contributed by atoms with Gasteiger partial charge < -0.3 is 4.90 Å². The minimum absolute atomic E-state index is 0.132. The zero-order valence-corrected chi connectivity index (χ0v) is 25.4. The molecule has 3 atom stereocenters. The number of carbonyl (C=O) groups is 2. The van der Waals surface area contributed by atoms with Gasteiger partial charge in [0, 0.05) is 48.9 Å². The summed E-state index contributed by atoms with van der Waals surface area (Å²) in [6.45, 7) is 13.0. The van der Waals surface area contributed by atoms with Crippen molar-refractivity contribution in [2.24, 2.45) is 17.8 Å². The SMILES string of the molecule is CC[C@@H](c1sc2c(c1C)C(=O)N(CC1C(=O)[N+](C)(C)C(C)=CC1C)CC2)C1CCN(Cc2ccccn2)CC1. The minimum Gasteiger partial charge on any atom is -0.337 e. The molecule has 2 aromatic heterocycles. The second-order valence-electron chi connectivity index (χ2n) is 12.4. The number of amides is 2. The molecule has 3 aliphatic rings. The summed E-state index contributed by atoms with van der Waals surface area (Å²) < 4.78 is 0.281. The third-order valence-corrected chi connectivity index (χ3v) is 11.2. The number of allylic oxidation sites excluding steroid dienone is 2. The van der Waals surface area contributed by atoms with Crippen LogP contribution in [0.4, 0.5) is 0 Å². The van der Waals surface area contributed by atoms with Gasteiger partial charge in [0.25, 0.3) is 5.91 Å². The highest BCUT2D eigenvalue weighted by Crippen LogP contribution is 2.44. The van der Waals surface area contributed by atoms with Crippen LogP contribution in [0.2, 0.25) is 0 Å². The van der Waals surface area contributed by atoms with E-state index in [-0.39, 0.29) is 28.1 Å². The van der Waals surface area contributed by atoms with E-state index in [0.717, 1.165) is 49.4 Å². The zero-order valence-electron chi connectivity index (χ0n) is 24.6. The molecule has 5 rings (SSSR count). The molecular formula is C32H45N4O2S+. The molecule has 2 aromatic rings. The fourth-order valence-electron chi connectivity index (χ4n) is 7.02. The Morgan fingerprint density at radius 1 is 1.13 bits per heavy atom. The van der Waals surface area contributed by atoms with E-state index >= 15 is 0 Å². The number of fused-ring (bicyclic) bond motifs is 1. The van der Waals surface area contributed by atoms with Crippen molar-refractivity contribution in [2.75, 3.05) is 40.3 Å². The van der Waals surface area contributed by atoms with Gasteiger partial charge in [-0.05, 0) is 80.8 Å². The summed E-state index contributed by atoms with van der Waals surface area (Å²) in [6.07, 6.45) is 8.48. The van der Waals surface area contributed by atoms with Gasteiger partial charge in [0.15, 0.2) is 0 Å². The second-order valence-corrected chi connectivity index (χ2v) is 13.5. The third-order valence-electron chi connectivity index (χ3n) is 9.76. The Bertz CT molecular complexity index is 1240. The molecule has 6 nitrogen and oxygen atoms in total. The van der Waals surface area contributed by atoms with Crippen LogP contribution in [0.1, 0.15) is 77.3 Å². The smallest absolute Gasteiger partial charge is 0.323 e. The van der Waals surface area contributed by atoms with Gasteiger partial charge >= 0.3 is 5.91 Å². The van der Waals surface area contributed by atoms with E-state index in [2.05, 4.69) is 48.9 Å². The lowest BCUT2D eigenvalue weighted by Crippen LogP contribution is -2.55. The number of pyridine rings is 1. The summed E-state index contributed by atoms with van der Waals surface area (Å²) in [5.41, 5.74) is 4.36. The van der Waals surface area contributed by atoms with Gasteiger partial charge in [-0.25, -0.2) is 9.28 Å². The highest BCUT2D eigenvalue weighted by molar-refractivity contribution is 7.12. The van der Waals surface area contributed by atoms with Crippen LogP contribution in [0.5, 0.6) is 0 Å². The topological polar surface area (TPSA) is 53.5 Å². The van der Waals surface area contributed by atoms with Crippen molar-refractivity contribution < 1.29 is 14.1 Å². The van der Waals surface area contributed by atoms with E-state index in [0.29, 0.717) is 24.9 Å². The van der Waals surface area contributed by atoms with E-state index in [1.807, 2.05) is 49.5 Å². The molecule has 39 heavy (non-hydrogen) atoms. The van der Waals surface area contributed by atoms with Crippen LogP contribution in [0, 0.1) is 24.7 Å². The number of quaternary nitrogens is 1. The number of carbonyl (C=O) groups excluding carboxylic acids is 2. The summed E-state index contributed by atoms with van der Waals surface area (Å²) >= 11 is 1.89. The summed E-state index contributed by atoms with van der Waals surface area (Å²) in [4.78, 5) is 38.9. The standard InChI is InChI=1S/C32H45N4O2S/c1-7-26(24-11-15-34(16-12-24)19-25-10-8-9-14-33-25)30-23(4)29-28(39-30)13-17-35(31(29)37)20-27-21(2)18-22(3)36(5,6)32(27)38/h8-10,14,18,21,24,26-27H,7,11-13,15-17,19-20H2,1-6H3/q+1/t21?,26-,27?/m1/s1. The lowest BCUT2D eigenvalue weighted by atomic mass is 9.80. The molecule has 7 heteroatoms. The normalized spacial score (nSPS) is 25.0. The number of aromatic nitrogens is 1. The highest BCUT2D eigenvalue weighted by atomic mass is 32.1.